The fourth-order valence-electron chi connectivity index (χ4n) is 1.99. The Morgan fingerprint density at radius 2 is 2.00 bits per heavy atom. The van der Waals surface area contributed by atoms with Gasteiger partial charge in [-0.25, -0.2) is 19.9 Å². The van der Waals surface area contributed by atoms with E-state index in [4.69, 9.17) is 0 Å². The van der Waals surface area contributed by atoms with E-state index in [0.717, 1.165) is 11.4 Å². The van der Waals surface area contributed by atoms with E-state index in [2.05, 4.69) is 25.3 Å². The second-order valence-electron chi connectivity index (χ2n) is 4.62. The van der Waals surface area contributed by atoms with Gasteiger partial charge in [-0.15, -0.1) is 0 Å². The number of hydrogen-bond donors (Lipinski definition) is 1. The number of hydrogen-bond acceptors (Lipinski definition) is 6. The molecule has 0 amide bonds. The van der Waals surface area contributed by atoms with Crippen molar-refractivity contribution in [1.29, 1.82) is 0 Å². The molecule has 7 nitrogen and oxygen atoms in total. The van der Waals surface area contributed by atoms with Crippen LogP contribution < -0.4 is 10.9 Å². The molecule has 21 heavy (non-hydrogen) atoms. The SMILES string of the molecule is Cc1ccnc(NCCn2cnc3nccnc3c2=O)c1. The minimum atomic E-state index is -0.188. The third-order valence-corrected chi connectivity index (χ3v) is 3.04. The minimum Gasteiger partial charge on any atom is -0.368 e. The Hall–Kier alpha value is -2.83. The van der Waals surface area contributed by atoms with Crippen LogP contribution in [0.4, 0.5) is 5.82 Å². The molecule has 7 heteroatoms. The zero-order chi connectivity index (χ0) is 14.7. The summed E-state index contributed by atoms with van der Waals surface area (Å²) in [4.78, 5) is 28.6. The van der Waals surface area contributed by atoms with Crippen molar-refractivity contribution in [2.45, 2.75) is 13.5 Å². The zero-order valence-corrected chi connectivity index (χ0v) is 11.5. The summed E-state index contributed by atoms with van der Waals surface area (Å²) in [5.41, 5.74) is 1.60. The van der Waals surface area contributed by atoms with Crippen LogP contribution in [-0.4, -0.2) is 31.0 Å². The smallest absolute Gasteiger partial charge is 0.281 e. The largest absolute Gasteiger partial charge is 0.368 e. The first kappa shape index (κ1) is 13.2. The Bertz CT molecular complexity index is 829. The number of nitrogens with zero attached hydrogens (tertiary/aromatic N) is 5. The molecule has 0 aliphatic rings. The van der Waals surface area contributed by atoms with Crippen LogP contribution in [-0.2, 0) is 6.54 Å². The summed E-state index contributed by atoms with van der Waals surface area (Å²) in [6.45, 7) is 3.06. The van der Waals surface area contributed by atoms with E-state index in [1.165, 1.54) is 23.3 Å². The number of fused-ring (bicyclic) bond motifs is 1. The molecule has 0 aliphatic heterocycles. The third kappa shape index (κ3) is 2.86. The number of nitrogens with one attached hydrogen (secondary N) is 1. The first-order chi connectivity index (χ1) is 10.2. The lowest BCUT2D eigenvalue weighted by atomic mass is 10.3. The lowest BCUT2D eigenvalue weighted by molar-refractivity contribution is 0.685. The molecular weight excluding hydrogens is 268 g/mol. The monoisotopic (exact) mass is 282 g/mol. The molecule has 0 atom stereocenters. The first-order valence-electron chi connectivity index (χ1n) is 6.57. The lowest BCUT2D eigenvalue weighted by Crippen LogP contribution is -2.25. The summed E-state index contributed by atoms with van der Waals surface area (Å²) in [5.74, 6) is 0.789. The topological polar surface area (TPSA) is 85.6 Å². The van der Waals surface area contributed by atoms with Crippen molar-refractivity contribution in [3.05, 3.63) is 53.0 Å². The number of pyridine rings is 1. The number of aryl methyl sites for hydroxylation is 1. The van der Waals surface area contributed by atoms with E-state index in [9.17, 15) is 4.79 Å². The molecule has 0 bridgehead atoms. The molecule has 0 radical (unpaired) electrons. The van der Waals surface area contributed by atoms with Crippen LogP contribution in [0.5, 0.6) is 0 Å². The average molecular weight is 282 g/mol. The summed E-state index contributed by atoms with van der Waals surface area (Å²) in [6.07, 6.45) is 6.25. The normalized spacial score (nSPS) is 10.7. The van der Waals surface area contributed by atoms with Crippen molar-refractivity contribution in [2.75, 3.05) is 11.9 Å². The maximum absolute atomic E-state index is 12.2. The van der Waals surface area contributed by atoms with Crippen LogP contribution >= 0.6 is 0 Å². The van der Waals surface area contributed by atoms with Gasteiger partial charge in [-0.2, -0.15) is 0 Å². The van der Waals surface area contributed by atoms with Gasteiger partial charge < -0.3 is 5.32 Å². The zero-order valence-electron chi connectivity index (χ0n) is 11.5. The van der Waals surface area contributed by atoms with Crippen LogP contribution in [0.2, 0.25) is 0 Å². The van der Waals surface area contributed by atoms with Crippen molar-refractivity contribution in [3.63, 3.8) is 0 Å². The molecule has 3 rings (SSSR count). The third-order valence-electron chi connectivity index (χ3n) is 3.04. The highest BCUT2D eigenvalue weighted by Crippen LogP contribution is 2.04. The maximum Gasteiger partial charge on any atom is 0.281 e. The van der Waals surface area contributed by atoms with E-state index >= 15 is 0 Å². The maximum atomic E-state index is 12.2. The predicted octanol–water partition coefficient (Wildman–Crippen LogP) is 1.00. The molecule has 1 N–H and O–H groups in total. The van der Waals surface area contributed by atoms with Gasteiger partial charge in [0.25, 0.3) is 5.56 Å². The number of anilines is 1. The summed E-state index contributed by atoms with van der Waals surface area (Å²) in [6, 6.07) is 3.88. The van der Waals surface area contributed by atoms with Crippen LogP contribution in [0, 0.1) is 6.92 Å². The summed E-state index contributed by atoms with van der Waals surface area (Å²) >= 11 is 0. The molecule has 0 unspecified atom stereocenters. The van der Waals surface area contributed by atoms with Gasteiger partial charge in [0.1, 0.15) is 12.1 Å². The number of rotatable bonds is 4. The molecule has 0 fully saturated rings. The fourth-order valence-corrected chi connectivity index (χ4v) is 1.99. The van der Waals surface area contributed by atoms with Crippen molar-refractivity contribution >= 4 is 17.0 Å². The van der Waals surface area contributed by atoms with Gasteiger partial charge in [-0.1, -0.05) is 0 Å². The van der Waals surface area contributed by atoms with Gasteiger partial charge in [-0.3, -0.25) is 9.36 Å². The van der Waals surface area contributed by atoms with Crippen molar-refractivity contribution in [1.82, 2.24) is 24.5 Å². The van der Waals surface area contributed by atoms with Crippen LogP contribution in [0.3, 0.4) is 0 Å². The molecule has 0 saturated heterocycles. The van der Waals surface area contributed by atoms with E-state index < -0.39 is 0 Å². The summed E-state index contributed by atoms with van der Waals surface area (Å²) in [5, 5.41) is 3.17. The van der Waals surface area contributed by atoms with E-state index in [1.807, 2.05) is 19.1 Å². The highest BCUT2D eigenvalue weighted by Gasteiger charge is 2.05. The second-order valence-corrected chi connectivity index (χ2v) is 4.62. The molecule has 3 aromatic rings. The molecule has 0 aromatic carbocycles. The van der Waals surface area contributed by atoms with Gasteiger partial charge >= 0.3 is 0 Å². The molecule has 0 spiro atoms. The van der Waals surface area contributed by atoms with Gasteiger partial charge in [0, 0.05) is 31.7 Å². The Kier molecular flexibility index (Phi) is 3.55. The standard InChI is InChI=1S/C14H14N6O/c1-10-2-3-15-11(8-10)16-6-7-20-9-19-13-12(14(20)21)17-4-5-18-13/h2-5,8-9H,6-7H2,1H3,(H,15,16). The fraction of sp³-hybridized carbons (Fsp3) is 0.214. The van der Waals surface area contributed by atoms with Crippen LogP contribution in [0.25, 0.3) is 11.2 Å². The van der Waals surface area contributed by atoms with Gasteiger partial charge in [-0.05, 0) is 24.6 Å². The van der Waals surface area contributed by atoms with Crippen molar-refractivity contribution in [2.24, 2.45) is 0 Å². The predicted molar refractivity (Wildman–Crippen MR) is 79.1 cm³/mol. The van der Waals surface area contributed by atoms with Crippen LogP contribution in [0.15, 0.2) is 41.8 Å². The highest BCUT2D eigenvalue weighted by molar-refractivity contribution is 5.66. The van der Waals surface area contributed by atoms with Crippen molar-refractivity contribution in [3.8, 4) is 0 Å². The number of aromatic nitrogens is 5. The Labute approximate surface area is 120 Å². The van der Waals surface area contributed by atoms with Gasteiger partial charge in [0.15, 0.2) is 11.2 Å². The lowest BCUT2D eigenvalue weighted by Gasteiger charge is -2.08. The van der Waals surface area contributed by atoms with E-state index in [1.54, 1.807) is 6.20 Å². The quantitative estimate of drug-likeness (QED) is 0.768. The Balaban J connectivity index is 1.74. The molecule has 3 heterocycles. The molecule has 106 valence electrons. The van der Waals surface area contributed by atoms with Crippen molar-refractivity contribution < 1.29 is 0 Å². The minimum absolute atomic E-state index is 0.188. The van der Waals surface area contributed by atoms with Gasteiger partial charge in [0.2, 0.25) is 0 Å². The average Bonchev–Trinajstić information content (AvgIpc) is 2.50. The Morgan fingerprint density at radius 1 is 1.14 bits per heavy atom. The molecule has 3 aromatic heterocycles. The first-order valence-corrected chi connectivity index (χ1v) is 6.57. The van der Waals surface area contributed by atoms with Crippen LogP contribution in [0.1, 0.15) is 5.56 Å². The van der Waals surface area contributed by atoms with E-state index in [0.29, 0.717) is 18.7 Å². The summed E-state index contributed by atoms with van der Waals surface area (Å²) in [7, 11) is 0. The highest BCUT2D eigenvalue weighted by atomic mass is 16.1. The molecule has 0 aliphatic carbocycles. The van der Waals surface area contributed by atoms with Gasteiger partial charge in [0.05, 0.1) is 0 Å². The molecule has 0 saturated carbocycles. The Morgan fingerprint density at radius 3 is 2.86 bits per heavy atom. The van der Waals surface area contributed by atoms with E-state index in [-0.39, 0.29) is 11.1 Å². The second kappa shape index (κ2) is 5.66. The molecular formula is C14H14N6O. The summed E-state index contributed by atoms with van der Waals surface area (Å²) < 4.78 is 1.51.